The number of aromatic nitrogens is 1. The van der Waals surface area contributed by atoms with Gasteiger partial charge in [-0.2, -0.15) is 0 Å². The molecule has 156 valence electrons. The molecule has 0 radical (unpaired) electrons. The first-order valence-corrected chi connectivity index (χ1v) is 11.2. The molecule has 0 aliphatic rings. The molecular weight excluding hydrogens is 420 g/mol. The lowest BCUT2D eigenvalue weighted by Gasteiger charge is -2.04. The standard InChI is InChI=1S/C22H22N2O4S2/c1-3-27-21(25)20(24-28-13-16-7-5-4-6-8-16)19-15-30-22(23-19)29-14-17-9-11-18(26-2)12-10-17/h4-12,15H,3,13-14H2,1-2H3/b24-20-. The zero-order chi connectivity index (χ0) is 21.2. The first kappa shape index (κ1) is 21.9. The average molecular weight is 443 g/mol. The first-order valence-electron chi connectivity index (χ1n) is 9.32. The van der Waals surface area contributed by atoms with Crippen molar-refractivity contribution in [1.82, 2.24) is 4.98 Å². The number of methoxy groups -OCH3 is 1. The molecule has 1 aromatic heterocycles. The molecule has 3 aromatic rings. The van der Waals surface area contributed by atoms with Crippen LogP contribution in [0, 0.1) is 0 Å². The van der Waals surface area contributed by atoms with Gasteiger partial charge in [0.25, 0.3) is 0 Å². The molecule has 3 rings (SSSR count). The third-order valence-electron chi connectivity index (χ3n) is 3.95. The summed E-state index contributed by atoms with van der Waals surface area (Å²) in [6.07, 6.45) is 0. The number of carbonyl (C=O) groups excluding carboxylic acids is 1. The summed E-state index contributed by atoms with van der Waals surface area (Å²) in [5.41, 5.74) is 2.63. The van der Waals surface area contributed by atoms with E-state index in [9.17, 15) is 4.79 Å². The number of hydrogen-bond acceptors (Lipinski definition) is 8. The molecule has 0 atom stereocenters. The van der Waals surface area contributed by atoms with Crippen LogP contribution in [0.5, 0.6) is 5.75 Å². The van der Waals surface area contributed by atoms with Crippen LogP contribution < -0.4 is 4.74 Å². The molecule has 0 amide bonds. The van der Waals surface area contributed by atoms with Gasteiger partial charge in [-0.25, -0.2) is 9.78 Å². The van der Waals surface area contributed by atoms with Crippen molar-refractivity contribution >= 4 is 34.8 Å². The number of carbonyl (C=O) groups is 1. The summed E-state index contributed by atoms with van der Waals surface area (Å²) in [6.45, 7) is 2.25. The molecule has 0 spiro atoms. The number of thioether (sulfide) groups is 1. The Kier molecular flexibility index (Phi) is 8.29. The molecule has 0 aliphatic heterocycles. The highest BCUT2D eigenvalue weighted by atomic mass is 32.2. The minimum Gasteiger partial charge on any atom is -0.497 e. The van der Waals surface area contributed by atoms with Crippen LogP contribution in [-0.2, 0) is 26.7 Å². The van der Waals surface area contributed by atoms with Crippen LogP contribution in [0.25, 0.3) is 0 Å². The van der Waals surface area contributed by atoms with E-state index in [1.807, 2.05) is 54.6 Å². The van der Waals surface area contributed by atoms with Crippen LogP contribution in [0.4, 0.5) is 0 Å². The predicted octanol–water partition coefficient (Wildman–Crippen LogP) is 4.93. The monoisotopic (exact) mass is 442 g/mol. The van der Waals surface area contributed by atoms with Crippen molar-refractivity contribution in [2.24, 2.45) is 5.16 Å². The van der Waals surface area contributed by atoms with Gasteiger partial charge in [-0.15, -0.1) is 11.3 Å². The van der Waals surface area contributed by atoms with E-state index in [0.29, 0.717) is 5.69 Å². The zero-order valence-corrected chi connectivity index (χ0v) is 18.4. The lowest BCUT2D eigenvalue weighted by atomic mass is 10.2. The van der Waals surface area contributed by atoms with Crippen molar-refractivity contribution in [3.63, 3.8) is 0 Å². The molecule has 0 unspecified atom stereocenters. The maximum Gasteiger partial charge on any atom is 0.362 e. The number of esters is 1. The van der Waals surface area contributed by atoms with Crippen LogP contribution in [0.1, 0.15) is 23.7 Å². The van der Waals surface area contributed by atoms with Crippen molar-refractivity contribution in [3.05, 3.63) is 76.8 Å². The van der Waals surface area contributed by atoms with Gasteiger partial charge in [0.05, 0.1) is 13.7 Å². The molecule has 1 heterocycles. The number of thiazole rings is 1. The molecule has 30 heavy (non-hydrogen) atoms. The number of nitrogens with zero attached hydrogens (tertiary/aromatic N) is 2. The summed E-state index contributed by atoms with van der Waals surface area (Å²) in [5.74, 6) is 1.03. The highest BCUT2D eigenvalue weighted by molar-refractivity contribution is 8.00. The molecule has 0 saturated heterocycles. The van der Waals surface area contributed by atoms with Crippen molar-refractivity contribution < 1.29 is 19.1 Å². The smallest absolute Gasteiger partial charge is 0.362 e. The van der Waals surface area contributed by atoms with Gasteiger partial charge in [0.1, 0.15) is 18.1 Å². The van der Waals surface area contributed by atoms with Gasteiger partial charge >= 0.3 is 5.97 Å². The van der Waals surface area contributed by atoms with E-state index in [0.717, 1.165) is 27.0 Å². The van der Waals surface area contributed by atoms with E-state index < -0.39 is 5.97 Å². The molecule has 0 aliphatic carbocycles. The fourth-order valence-corrected chi connectivity index (χ4v) is 4.20. The Morgan fingerprint density at radius 3 is 2.57 bits per heavy atom. The highest BCUT2D eigenvalue weighted by Crippen LogP contribution is 2.27. The van der Waals surface area contributed by atoms with Gasteiger partial charge in [0.2, 0.25) is 5.71 Å². The third-order valence-corrected chi connectivity index (χ3v) is 6.04. The van der Waals surface area contributed by atoms with Gasteiger partial charge in [-0.3, -0.25) is 0 Å². The number of oxime groups is 1. The van der Waals surface area contributed by atoms with E-state index >= 15 is 0 Å². The third kappa shape index (κ3) is 6.33. The molecular formula is C22H22N2O4S2. The SMILES string of the molecule is CCOC(=O)/C(=N\OCc1ccccc1)c1csc(SCc2ccc(OC)cc2)n1. The minimum atomic E-state index is -0.553. The van der Waals surface area contributed by atoms with Crippen LogP contribution in [0.3, 0.4) is 0 Å². The van der Waals surface area contributed by atoms with E-state index in [1.54, 1.807) is 31.2 Å². The Labute approximate surface area is 183 Å². The van der Waals surface area contributed by atoms with Gasteiger partial charge in [0.15, 0.2) is 4.34 Å². The van der Waals surface area contributed by atoms with Crippen molar-refractivity contribution in [2.45, 2.75) is 23.6 Å². The second-order valence-corrected chi connectivity index (χ2v) is 8.14. The molecule has 0 bridgehead atoms. The fourth-order valence-electron chi connectivity index (χ4n) is 2.43. The Balaban J connectivity index is 1.66. The number of hydrogen-bond donors (Lipinski definition) is 0. The maximum absolute atomic E-state index is 12.3. The summed E-state index contributed by atoms with van der Waals surface area (Å²) in [7, 11) is 1.65. The predicted molar refractivity (Wildman–Crippen MR) is 119 cm³/mol. The second kappa shape index (κ2) is 11.4. The lowest BCUT2D eigenvalue weighted by Crippen LogP contribution is -2.19. The summed E-state index contributed by atoms with van der Waals surface area (Å²) >= 11 is 3.04. The normalized spacial score (nSPS) is 11.2. The number of rotatable bonds is 10. The molecule has 0 N–H and O–H groups in total. The number of ether oxygens (including phenoxy) is 2. The lowest BCUT2D eigenvalue weighted by molar-refractivity contribution is -0.135. The zero-order valence-electron chi connectivity index (χ0n) is 16.7. The van der Waals surface area contributed by atoms with E-state index in [-0.39, 0.29) is 18.9 Å². The maximum atomic E-state index is 12.3. The Hall–Kier alpha value is -2.84. The number of benzene rings is 2. The quantitative estimate of drug-likeness (QED) is 0.192. The Morgan fingerprint density at radius 2 is 1.87 bits per heavy atom. The van der Waals surface area contributed by atoms with Gasteiger partial charge < -0.3 is 14.3 Å². The van der Waals surface area contributed by atoms with Crippen LogP contribution in [0.15, 0.2) is 69.5 Å². The summed E-state index contributed by atoms with van der Waals surface area (Å²) in [6, 6.07) is 17.5. The van der Waals surface area contributed by atoms with Gasteiger partial charge in [-0.05, 0) is 30.2 Å². The van der Waals surface area contributed by atoms with Crippen molar-refractivity contribution in [3.8, 4) is 5.75 Å². The van der Waals surface area contributed by atoms with Crippen LogP contribution >= 0.6 is 23.1 Å². The Bertz CT molecular complexity index is 972. The molecule has 0 fully saturated rings. The minimum absolute atomic E-state index is 0.0697. The highest BCUT2D eigenvalue weighted by Gasteiger charge is 2.20. The van der Waals surface area contributed by atoms with Crippen molar-refractivity contribution in [1.29, 1.82) is 0 Å². The summed E-state index contributed by atoms with van der Waals surface area (Å²) in [5, 5.41) is 5.81. The summed E-state index contributed by atoms with van der Waals surface area (Å²) < 4.78 is 11.1. The first-order chi connectivity index (χ1) is 14.7. The van der Waals surface area contributed by atoms with E-state index in [2.05, 4.69) is 10.1 Å². The fraction of sp³-hybridized carbons (Fsp3) is 0.227. The van der Waals surface area contributed by atoms with Gasteiger partial charge in [0, 0.05) is 11.1 Å². The van der Waals surface area contributed by atoms with Crippen molar-refractivity contribution in [2.75, 3.05) is 13.7 Å². The van der Waals surface area contributed by atoms with E-state index in [4.69, 9.17) is 14.3 Å². The largest absolute Gasteiger partial charge is 0.497 e. The van der Waals surface area contributed by atoms with Crippen LogP contribution in [-0.4, -0.2) is 30.4 Å². The topological polar surface area (TPSA) is 70.0 Å². The van der Waals surface area contributed by atoms with E-state index in [1.165, 1.54) is 11.3 Å². The van der Waals surface area contributed by atoms with Gasteiger partial charge in [-0.1, -0.05) is 59.4 Å². The molecule has 6 nitrogen and oxygen atoms in total. The summed E-state index contributed by atoms with van der Waals surface area (Å²) in [4.78, 5) is 22.3. The average Bonchev–Trinajstić information content (AvgIpc) is 3.25. The Morgan fingerprint density at radius 1 is 1.10 bits per heavy atom. The molecule has 2 aromatic carbocycles. The second-order valence-electron chi connectivity index (χ2n) is 6.05. The molecule has 0 saturated carbocycles. The van der Waals surface area contributed by atoms with Crippen LogP contribution in [0.2, 0.25) is 0 Å². The molecule has 8 heteroatoms.